The van der Waals surface area contributed by atoms with Crippen LogP contribution in [0.5, 0.6) is 0 Å². The maximum absolute atomic E-state index is 5.48. The number of hydrogen-bond donors (Lipinski definition) is 3. The summed E-state index contributed by atoms with van der Waals surface area (Å²) in [6, 6.07) is 0. The van der Waals surface area contributed by atoms with E-state index in [0.717, 1.165) is 5.95 Å². The Hall–Kier alpha value is -1.22. The van der Waals surface area contributed by atoms with E-state index in [-0.39, 0.29) is 12.3 Å². The Kier molecular flexibility index (Phi) is 2.65. The van der Waals surface area contributed by atoms with Gasteiger partial charge in [0.2, 0.25) is 10.7 Å². The lowest BCUT2D eigenvalue weighted by Crippen LogP contribution is -2.40. The number of hydrazine groups is 1. The van der Waals surface area contributed by atoms with Crippen LogP contribution >= 0.6 is 23.6 Å². The molecule has 2 aromatic rings. The van der Waals surface area contributed by atoms with E-state index in [4.69, 9.17) is 12.2 Å². The number of aromatic amines is 1. The van der Waals surface area contributed by atoms with E-state index in [9.17, 15) is 0 Å². The summed E-state index contributed by atoms with van der Waals surface area (Å²) in [5, 5.41) is 14.4. The zero-order valence-electron chi connectivity index (χ0n) is 12.5. The van der Waals surface area contributed by atoms with Crippen molar-refractivity contribution in [3.05, 3.63) is 20.8 Å². The van der Waals surface area contributed by atoms with Crippen LogP contribution in [0.4, 0.5) is 5.95 Å². The maximum Gasteiger partial charge on any atom is 0.247 e. The fourth-order valence-electron chi connectivity index (χ4n) is 4.01. The lowest BCUT2D eigenvalue weighted by molar-refractivity contribution is 0.542. The minimum atomic E-state index is 0.142. The number of aromatic nitrogens is 3. The van der Waals surface area contributed by atoms with Gasteiger partial charge in [0.05, 0.1) is 6.17 Å². The minimum absolute atomic E-state index is 0.142. The van der Waals surface area contributed by atoms with E-state index in [1.54, 1.807) is 5.56 Å². The van der Waals surface area contributed by atoms with Gasteiger partial charge in [-0.3, -0.25) is 10.3 Å². The van der Waals surface area contributed by atoms with Crippen LogP contribution in [0.25, 0.3) is 5.00 Å². The van der Waals surface area contributed by atoms with Crippen LogP contribution in [-0.2, 0) is 6.42 Å². The highest BCUT2D eigenvalue weighted by Gasteiger charge is 2.43. The van der Waals surface area contributed by atoms with E-state index < -0.39 is 0 Å². The molecule has 2 unspecified atom stereocenters. The summed E-state index contributed by atoms with van der Waals surface area (Å²) in [7, 11) is 0. The van der Waals surface area contributed by atoms with E-state index in [0.29, 0.717) is 10.7 Å². The number of H-pyrrole nitrogens is 1. The average Bonchev–Trinajstić information content (AvgIpc) is 3.13. The molecular formula is C14H18N6S2. The van der Waals surface area contributed by atoms with Gasteiger partial charge in [0.1, 0.15) is 11.2 Å². The summed E-state index contributed by atoms with van der Waals surface area (Å²) in [6.45, 7) is 4.48. The first-order valence-electron chi connectivity index (χ1n) is 7.80. The van der Waals surface area contributed by atoms with Crippen LogP contribution in [-0.4, -0.2) is 20.9 Å². The Morgan fingerprint density at radius 3 is 3.05 bits per heavy atom. The summed E-state index contributed by atoms with van der Waals surface area (Å²) >= 11 is 7.38. The van der Waals surface area contributed by atoms with Crippen molar-refractivity contribution in [2.45, 2.75) is 51.4 Å². The molecule has 116 valence electrons. The Morgan fingerprint density at radius 1 is 1.32 bits per heavy atom. The standard InChI is InChI=1S/C14H18N6S2/c1-6-4-3-5-8-9(6)10-11-15-7(2)18-20(11)13-16-17-14(21)19(13)12(10)22-8/h6-7,11,15,18H,3-5H2,1-2H3,(H,17,21)/t6-,7?,11?/m0/s1. The lowest BCUT2D eigenvalue weighted by atomic mass is 9.85. The Bertz CT molecular complexity index is 818. The van der Waals surface area contributed by atoms with Crippen LogP contribution in [0.15, 0.2) is 0 Å². The summed E-state index contributed by atoms with van der Waals surface area (Å²) in [6.07, 6.45) is 4.10. The number of nitrogens with one attached hydrogen (secondary N) is 3. The Morgan fingerprint density at radius 2 is 2.18 bits per heavy atom. The molecule has 8 heteroatoms. The number of fused-ring (bicyclic) bond motifs is 8. The highest BCUT2D eigenvalue weighted by Crippen LogP contribution is 2.49. The lowest BCUT2D eigenvalue weighted by Gasteiger charge is -2.31. The van der Waals surface area contributed by atoms with Crippen LogP contribution in [0.3, 0.4) is 0 Å². The van der Waals surface area contributed by atoms with Gasteiger partial charge in [-0.05, 0) is 49.9 Å². The number of thiophene rings is 1. The number of rotatable bonds is 0. The van der Waals surface area contributed by atoms with E-state index in [1.807, 2.05) is 11.3 Å². The van der Waals surface area contributed by atoms with Gasteiger partial charge in [-0.1, -0.05) is 6.92 Å². The van der Waals surface area contributed by atoms with Crippen LogP contribution in [0.2, 0.25) is 0 Å². The van der Waals surface area contributed by atoms with Crippen molar-refractivity contribution in [1.29, 1.82) is 0 Å². The van der Waals surface area contributed by atoms with Crippen molar-refractivity contribution in [3.63, 3.8) is 0 Å². The molecule has 0 spiro atoms. The highest BCUT2D eigenvalue weighted by molar-refractivity contribution is 7.71. The number of anilines is 1. The van der Waals surface area contributed by atoms with Crippen LogP contribution < -0.4 is 15.8 Å². The smallest absolute Gasteiger partial charge is 0.247 e. The molecule has 3 atom stereocenters. The molecule has 0 aromatic carbocycles. The predicted octanol–water partition coefficient (Wildman–Crippen LogP) is 2.70. The first-order valence-corrected chi connectivity index (χ1v) is 9.02. The van der Waals surface area contributed by atoms with Gasteiger partial charge in [0.15, 0.2) is 0 Å². The molecule has 1 fully saturated rings. The second-order valence-corrected chi connectivity index (χ2v) is 7.88. The number of hydrogen-bond acceptors (Lipinski definition) is 6. The van der Waals surface area contributed by atoms with Crippen molar-refractivity contribution in [2.75, 3.05) is 5.01 Å². The van der Waals surface area contributed by atoms with Crippen molar-refractivity contribution in [2.24, 2.45) is 0 Å². The van der Waals surface area contributed by atoms with Gasteiger partial charge in [-0.25, -0.2) is 15.1 Å². The molecule has 1 aliphatic carbocycles. The van der Waals surface area contributed by atoms with Crippen molar-refractivity contribution < 1.29 is 0 Å². The van der Waals surface area contributed by atoms with Crippen LogP contribution in [0.1, 0.15) is 54.8 Å². The number of aryl methyl sites for hydroxylation is 1. The average molecular weight is 334 g/mol. The van der Waals surface area contributed by atoms with Crippen molar-refractivity contribution in [1.82, 2.24) is 25.5 Å². The van der Waals surface area contributed by atoms with E-state index >= 15 is 0 Å². The topological polar surface area (TPSA) is 60.9 Å². The molecule has 6 nitrogen and oxygen atoms in total. The van der Waals surface area contributed by atoms with Gasteiger partial charge in [0, 0.05) is 10.4 Å². The quantitative estimate of drug-likeness (QED) is 0.647. The number of nitrogens with zero attached hydrogens (tertiary/aromatic N) is 3. The van der Waals surface area contributed by atoms with Crippen molar-refractivity contribution >= 4 is 29.5 Å². The second-order valence-electron chi connectivity index (χ2n) is 6.41. The Labute approximate surface area is 137 Å². The molecule has 5 rings (SSSR count). The molecule has 2 aromatic heterocycles. The SMILES string of the molecule is CC1NC2c3c(sc4c3[C@@H](C)CCC4)-n3c(n[nH]c3=S)N2N1. The largest absolute Gasteiger partial charge is 0.276 e. The molecule has 22 heavy (non-hydrogen) atoms. The fourth-order valence-corrected chi connectivity index (χ4v) is 5.79. The highest BCUT2D eigenvalue weighted by atomic mass is 32.1. The molecule has 0 saturated carbocycles. The predicted molar refractivity (Wildman–Crippen MR) is 88.9 cm³/mol. The molecule has 2 aliphatic heterocycles. The summed E-state index contributed by atoms with van der Waals surface area (Å²) in [5.74, 6) is 1.47. The molecule has 0 bridgehead atoms. The zero-order valence-corrected chi connectivity index (χ0v) is 14.1. The third-order valence-corrected chi connectivity index (χ3v) is 6.46. The van der Waals surface area contributed by atoms with Crippen LogP contribution in [0, 0.1) is 4.77 Å². The molecule has 3 N–H and O–H groups in total. The molecule has 1 saturated heterocycles. The monoisotopic (exact) mass is 334 g/mol. The van der Waals surface area contributed by atoms with Gasteiger partial charge < -0.3 is 0 Å². The molecule has 0 radical (unpaired) electrons. The molecular weight excluding hydrogens is 316 g/mol. The third kappa shape index (κ3) is 1.56. The van der Waals surface area contributed by atoms with E-state index in [2.05, 4.69) is 44.4 Å². The summed E-state index contributed by atoms with van der Waals surface area (Å²) < 4.78 is 2.76. The maximum atomic E-state index is 5.48. The minimum Gasteiger partial charge on any atom is -0.276 e. The van der Waals surface area contributed by atoms with Crippen molar-refractivity contribution in [3.8, 4) is 5.00 Å². The van der Waals surface area contributed by atoms with Gasteiger partial charge >= 0.3 is 0 Å². The summed E-state index contributed by atoms with van der Waals surface area (Å²) in [5.41, 5.74) is 6.39. The molecule has 0 amide bonds. The summed E-state index contributed by atoms with van der Waals surface area (Å²) in [4.78, 5) is 1.53. The Balaban J connectivity index is 1.84. The second kappa shape index (κ2) is 4.41. The normalized spacial score (nSPS) is 29.0. The van der Waals surface area contributed by atoms with Gasteiger partial charge in [-0.2, -0.15) is 0 Å². The van der Waals surface area contributed by atoms with Gasteiger partial charge in [0.25, 0.3) is 0 Å². The zero-order chi connectivity index (χ0) is 15.0. The molecule has 4 heterocycles. The first-order chi connectivity index (χ1) is 10.6. The third-order valence-electron chi connectivity index (χ3n) is 4.92. The van der Waals surface area contributed by atoms with Gasteiger partial charge in [-0.15, -0.1) is 16.4 Å². The first kappa shape index (κ1) is 13.2. The molecule has 3 aliphatic rings. The van der Waals surface area contributed by atoms with E-state index in [1.165, 1.54) is 34.7 Å². The fraction of sp³-hybridized carbons (Fsp3) is 0.571.